The quantitative estimate of drug-likeness (QED) is 0.783. The highest BCUT2D eigenvalue weighted by molar-refractivity contribution is 7.89. The summed E-state index contributed by atoms with van der Waals surface area (Å²) >= 11 is 0. The summed E-state index contributed by atoms with van der Waals surface area (Å²) in [5.74, 6) is -0.729. The number of amides is 1. The van der Waals surface area contributed by atoms with Crippen LogP contribution in [0.25, 0.3) is 0 Å². The summed E-state index contributed by atoms with van der Waals surface area (Å²) in [5.41, 5.74) is 4.54. The van der Waals surface area contributed by atoms with Crippen LogP contribution in [-0.4, -0.2) is 36.2 Å². The molecule has 1 heterocycles. The number of nitrogens with one attached hydrogen (secondary N) is 1. The van der Waals surface area contributed by atoms with Gasteiger partial charge in [0.1, 0.15) is 4.90 Å². The minimum absolute atomic E-state index is 0.271. The summed E-state index contributed by atoms with van der Waals surface area (Å²) < 4.78 is 26.2. The van der Waals surface area contributed by atoms with Crippen molar-refractivity contribution >= 4 is 15.9 Å². The Hall–Kier alpha value is -1.67. The Morgan fingerprint density at radius 3 is 2.60 bits per heavy atom. The van der Waals surface area contributed by atoms with Crippen molar-refractivity contribution in [2.45, 2.75) is 36.6 Å². The van der Waals surface area contributed by atoms with Crippen molar-refractivity contribution in [1.82, 2.24) is 9.29 Å². The number of pyridine rings is 1. The fraction of sp³-hybridized carbons (Fsp3) is 0.500. The molecule has 110 valence electrons. The van der Waals surface area contributed by atoms with Crippen LogP contribution in [0.15, 0.2) is 28.2 Å². The third kappa shape index (κ3) is 2.91. The molecule has 0 unspecified atom stereocenters. The number of rotatable bonds is 5. The predicted molar refractivity (Wildman–Crippen MR) is 72.4 cm³/mol. The molecule has 1 aromatic rings. The van der Waals surface area contributed by atoms with E-state index >= 15 is 0 Å². The SMILES string of the molecule is NC(=O)CN(C1CCCC1)S(=O)(=O)c1c[nH]ccc1=O. The van der Waals surface area contributed by atoms with Crippen LogP contribution in [0.2, 0.25) is 0 Å². The Kier molecular flexibility index (Phi) is 4.24. The summed E-state index contributed by atoms with van der Waals surface area (Å²) in [7, 11) is -4.02. The zero-order chi connectivity index (χ0) is 14.8. The molecule has 1 fully saturated rings. The van der Waals surface area contributed by atoms with Crippen LogP contribution in [-0.2, 0) is 14.8 Å². The largest absolute Gasteiger partial charge is 0.369 e. The molecule has 0 bridgehead atoms. The lowest BCUT2D eigenvalue weighted by Crippen LogP contribution is -2.45. The Labute approximate surface area is 116 Å². The summed E-state index contributed by atoms with van der Waals surface area (Å²) in [6.07, 6.45) is 5.66. The molecule has 2 rings (SSSR count). The van der Waals surface area contributed by atoms with E-state index < -0.39 is 27.9 Å². The number of nitrogens with two attached hydrogens (primary N) is 1. The van der Waals surface area contributed by atoms with E-state index in [9.17, 15) is 18.0 Å². The number of carbonyl (C=O) groups excluding carboxylic acids is 1. The number of primary amides is 1. The molecule has 1 saturated carbocycles. The average Bonchev–Trinajstić information content (AvgIpc) is 2.89. The molecule has 7 nitrogen and oxygen atoms in total. The van der Waals surface area contributed by atoms with Crippen molar-refractivity contribution < 1.29 is 13.2 Å². The molecule has 1 aliphatic rings. The van der Waals surface area contributed by atoms with Crippen LogP contribution in [0.4, 0.5) is 0 Å². The van der Waals surface area contributed by atoms with Crippen molar-refractivity contribution in [1.29, 1.82) is 0 Å². The maximum Gasteiger partial charge on any atom is 0.249 e. The molecule has 0 atom stereocenters. The van der Waals surface area contributed by atoms with Crippen LogP contribution in [0.1, 0.15) is 25.7 Å². The first-order chi connectivity index (χ1) is 9.43. The van der Waals surface area contributed by atoms with Crippen LogP contribution >= 0.6 is 0 Å². The van der Waals surface area contributed by atoms with Gasteiger partial charge >= 0.3 is 0 Å². The van der Waals surface area contributed by atoms with Crippen LogP contribution in [0.3, 0.4) is 0 Å². The van der Waals surface area contributed by atoms with Gasteiger partial charge in [0, 0.05) is 24.5 Å². The molecule has 1 amide bonds. The Morgan fingerprint density at radius 1 is 1.40 bits per heavy atom. The van der Waals surface area contributed by atoms with E-state index in [1.165, 1.54) is 6.20 Å². The smallest absolute Gasteiger partial charge is 0.249 e. The maximum absolute atomic E-state index is 12.6. The van der Waals surface area contributed by atoms with E-state index in [1.54, 1.807) is 0 Å². The van der Waals surface area contributed by atoms with E-state index in [2.05, 4.69) is 4.98 Å². The monoisotopic (exact) mass is 299 g/mol. The van der Waals surface area contributed by atoms with Gasteiger partial charge in [-0.05, 0) is 12.8 Å². The van der Waals surface area contributed by atoms with Crippen molar-refractivity contribution in [2.24, 2.45) is 5.73 Å². The van der Waals surface area contributed by atoms with Gasteiger partial charge in [0.25, 0.3) is 0 Å². The van der Waals surface area contributed by atoms with Crippen molar-refractivity contribution in [2.75, 3.05) is 6.54 Å². The second kappa shape index (κ2) is 5.76. The Bertz CT molecular complexity index is 647. The molecular weight excluding hydrogens is 282 g/mol. The molecule has 0 spiro atoms. The molecule has 0 saturated heterocycles. The fourth-order valence-corrected chi connectivity index (χ4v) is 4.18. The van der Waals surface area contributed by atoms with Gasteiger partial charge in [-0.1, -0.05) is 12.8 Å². The Balaban J connectivity index is 2.43. The second-order valence-electron chi connectivity index (χ2n) is 4.83. The molecule has 0 aliphatic heterocycles. The minimum Gasteiger partial charge on any atom is -0.369 e. The third-order valence-corrected chi connectivity index (χ3v) is 5.34. The molecular formula is C12H17N3O4S. The summed E-state index contributed by atoms with van der Waals surface area (Å²) in [6, 6.07) is 0.872. The normalized spacial score (nSPS) is 16.6. The van der Waals surface area contributed by atoms with Gasteiger partial charge in [0.2, 0.25) is 21.4 Å². The molecule has 1 aliphatic carbocycles. The van der Waals surface area contributed by atoms with Crippen molar-refractivity contribution in [3.05, 3.63) is 28.7 Å². The topological polar surface area (TPSA) is 113 Å². The van der Waals surface area contributed by atoms with Gasteiger partial charge in [-0.25, -0.2) is 8.42 Å². The highest BCUT2D eigenvalue weighted by Gasteiger charge is 2.35. The number of aromatic amines is 1. The number of carbonyl (C=O) groups is 1. The fourth-order valence-electron chi connectivity index (χ4n) is 2.48. The van der Waals surface area contributed by atoms with E-state index in [1.807, 2.05) is 0 Å². The summed E-state index contributed by atoms with van der Waals surface area (Å²) in [6.45, 7) is -0.401. The zero-order valence-corrected chi connectivity index (χ0v) is 11.7. The van der Waals surface area contributed by atoms with Crippen molar-refractivity contribution in [3.8, 4) is 0 Å². The molecule has 3 N–H and O–H groups in total. The molecule has 20 heavy (non-hydrogen) atoms. The standard InChI is InChI=1S/C12H17N3O4S/c13-12(17)8-15(9-3-1-2-4-9)20(18,19)11-7-14-6-5-10(11)16/h5-7,9H,1-4,8H2,(H2,13,17)(H,14,16). The van der Waals surface area contributed by atoms with Gasteiger partial charge < -0.3 is 10.7 Å². The van der Waals surface area contributed by atoms with E-state index in [0.717, 1.165) is 29.4 Å². The zero-order valence-electron chi connectivity index (χ0n) is 10.9. The molecule has 8 heteroatoms. The lowest BCUT2D eigenvalue weighted by atomic mass is 10.2. The van der Waals surface area contributed by atoms with Gasteiger partial charge in [-0.15, -0.1) is 0 Å². The number of hydrogen-bond donors (Lipinski definition) is 2. The van der Waals surface area contributed by atoms with E-state index in [-0.39, 0.29) is 10.9 Å². The predicted octanol–water partition coefficient (Wildman–Crippen LogP) is -0.207. The highest BCUT2D eigenvalue weighted by atomic mass is 32.2. The number of H-pyrrole nitrogens is 1. The lowest BCUT2D eigenvalue weighted by molar-refractivity contribution is -0.118. The first-order valence-electron chi connectivity index (χ1n) is 6.40. The number of hydrogen-bond acceptors (Lipinski definition) is 4. The van der Waals surface area contributed by atoms with Gasteiger partial charge in [-0.3, -0.25) is 9.59 Å². The molecule has 0 aromatic carbocycles. The number of sulfonamides is 1. The highest BCUT2D eigenvalue weighted by Crippen LogP contribution is 2.27. The minimum atomic E-state index is -4.02. The van der Waals surface area contributed by atoms with Gasteiger partial charge in [-0.2, -0.15) is 4.31 Å². The van der Waals surface area contributed by atoms with Gasteiger partial charge in [0.05, 0.1) is 6.54 Å². The summed E-state index contributed by atoms with van der Waals surface area (Å²) in [5, 5.41) is 0. The first-order valence-corrected chi connectivity index (χ1v) is 7.84. The van der Waals surface area contributed by atoms with Crippen molar-refractivity contribution in [3.63, 3.8) is 0 Å². The van der Waals surface area contributed by atoms with Crippen LogP contribution in [0.5, 0.6) is 0 Å². The molecule has 0 radical (unpaired) electrons. The lowest BCUT2D eigenvalue weighted by Gasteiger charge is -2.26. The van der Waals surface area contributed by atoms with E-state index in [4.69, 9.17) is 5.73 Å². The van der Waals surface area contributed by atoms with Crippen LogP contribution < -0.4 is 11.2 Å². The Morgan fingerprint density at radius 2 is 2.05 bits per heavy atom. The van der Waals surface area contributed by atoms with E-state index in [0.29, 0.717) is 12.8 Å². The maximum atomic E-state index is 12.6. The molecule has 1 aromatic heterocycles. The average molecular weight is 299 g/mol. The summed E-state index contributed by atoms with van der Waals surface area (Å²) in [4.78, 5) is 25.1. The second-order valence-corrected chi connectivity index (χ2v) is 6.69. The number of nitrogens with zero attached hydrogens (tertiary/aromatic N) is 1. The first kappa shape index (κ1) is 14.7. The van der Waals surface area contributed by atoms with Gasteiger partial charge in [0.15, 0.2) is 0 Å². The third-order valence-electron chi connectivity index (χ3n) is 3.42. The number of aromatic nitrogens is 1. The van der Waals surface area contributed by atoms with Crippen LogP contribution in [0, 0.1) is 0 Å².